The van der Waals surface area contributed by atoms with E-state index in [0.717, 1.165) is 10.6 Å². The molecule has 0 amide bonds. The number of benzene rings is 1. The van der Waals surface area contributed by atoms with Gasteiger partial charge in [0.05, 0.1) is 12.5 Å². The largest absolute Gasteiger partial charge is 0.494 e. The number of thioether (sulfide) groups is 1. The number of ether oxygens (including phenoxy) is 1. The first kappa shape index (κ1) is 12.9. The fourth-order valence-electron chi connectivity index (χ4n) is 1.09. The number of hydrogen-bond donors (Lipinski definition) is 1. The molecule has 88 valence electrons. The molecule has 1 unspecified atom stereocenters. The van der Waals surface area contributed by atoms with Crippen LogP contribution in [0, 0.1) is 5.92 Å². The number of carboxylic acids is 1. The van der Waals surface area contributed by atoms with Crippen LogP contribution in [0.1, 0.15) is 13.8 Å². The van der Waals surface area contributed by atoms with Crippen LogP contribution in [-0.2, 0) is 4.79 Å². The maximum Gasteiger partial charge on any atom is 0.307 e. The molecule has 1 aromatic rings. The second kappa shape index (κ2) is 6.43. The Balaban J connectivity index is 2.46. The van der Waals surface area contributed by atoms with Crippen LogP contribution in [0.4, 0.5) is 0 Å². The zero-order valence-electron chi connectivity index (χ0n) is 9.47. The lowest BCUT2D eigenvalue weighted by molar-refractivity contribution is -0.140. The Morgan fingerprint density at radius 1 is 1.44 bits per heavy atom. The second-order valence-electron chi connectivity index (χ2n) is 3.45. The van der Waals surface area contributed by atoms with Crippen molar-refractivity contribution in [2.75, 3.05) is 12.4 Å². The van der Waals surface area contributed by atoms with Crippen molar-refractivity contribution in [3.63, 3.8) is 0 Å². The molecule has 0 aliphatic heterocycles. The summed E-state index contributed by atoms with van der Waals surface area (Å²) < 4.78 is 5.32. The molecular weight excluding hydrogens is 224 g/mol. The van der Waals surface area contributed by atoms with Crippen LogP contribution in [0.25, 0.3) is 0 Å². The molecule has 0 saturated heterocycles. The monoisotopic (exact) mass is 240 g/mol. The van der Waals surface area contributed by atoms with Gasteiger partial charge in [0.15, 0.2) is 0 Å². The Bertz CT molecular complexity index is 335. The molecule has 16 heavy (non-hydrogen) atoms. The molecule has 0 heterocycles. The van der Waals surface area contributed by atoms with Gasteiger partial charge in [0.1, 0.15) is 5.75 Å². The first-order valence-electron chi connectivity index (χ1n) is 5.22. The molecule has 4 heteroatoms. The summed E-state index contributed by atoms with van der Waals surface area (Å²) in [5.41, 5.74) is 0. The van der Waals surface area contributed by atoms with Gasteiger partial charge in [0.25, 0.3) is 0 Å². The first-order chi connectivity index (χ1) is 7.63. The van der Waals surface area contributed by atoms with Crippen molar-refractivity contribution in [2.24, 2.45) is 5.92 Å². The van der Waals surface area contributed by atoms with E-state index in [-0.39, 0.29) is 5.92 Å². The van der Waals surface area contributed by atoms with Crippen molar-refractivity contribution in [1.29, 1.82) is 0 Å². The highest BCUT2D eigenvalue weighted by Gasteiger charge is 2.10. The van der Waals surface area contributed by atoms with E-state index >= 15 is 0 Å². The molecular formula is C12H16O3S. The summed E-state index contributed by atoms with van der Waals surface area (Å²) in [7, 11) is 0. The number of carboxylic acid groups (broad SMARTS) is 1. The zero-order chi connectivity index (χ0) is 12.0. The third-order valence-corrected chi connectivity index (χ3v) is 3.33. The van der Waals surface area contributed by atoms with Crippen molar-refractivity contribution < 1.29 is 14.6 Å². The zero-order valence-corrected chi connectivity index (χ0v) is 10.3. The maximum absolute atomic E-state index is 10.6. The van der Waals surface area contributed by atoms with Crippen LogP contribution < -0.4 is 4.74 Å². The van der Waals surface area contributed by atoms with Gasteiger partial charge in [0, 0.05) is 10.6 Å². The Hall–Kier alpha value is -1.16. The summed E-state index contributed by atoms with van der Waals surface area (Å²) in [6, 6.07) is 7.70. The third-order valence-electron chi connectivity index (χ3n) is 2.06. The molecule has 1 rings (SSSR count). The van der Waals surface area contributed by atoms with Gasteiger partial charge < -0.3 is 9.84 Å². The van der Waals surface area contributed by atoms with E-state index in [2.05, 4.69) is 0 Å². The van der Waals surface area contributed by atoms with Crippen molar-refractivity contribution in [3.8, 4) is 5.75 Å². The molecule has 0 aromatic heterocycles. The van der Waals surface area contributed by atoms with Crippen LogP contribution >= 0.6 is 11.8 Å². The molecule has 0 fully saturated rings. The van der Waals surface area contributed by atoms with Gasteiger partial charge in [-0.05, 0) is 31.2 Å². The highest BCUT2D eigenvalue weighted by molar-refractivity contribution is 7.99. The second-order valence-corrected chi connectivity index (χ2v) is 4.55. The van der Waals surface area contributed by atoms with Gasteiger partial charge in [-0.15, -0.1) is 11.8 Å². The van der Waals surface area contributed by atoms with Crippen molar-refractivity contribution in [1.82, 2.24) is 0 Å². The van der Waals surface area contributed by atoms with Crippen LogP contribution in [0.3, 0.4) is 0 Å². The summed E-state index contributed by atoms with van der Waals surface area (Å²) in [5, 5.41) is 8.74. The standard InChI is InChI=1S/C12H16O3S/c1-3-15-10-4-6-11(7-5-10)16-8-9(2)12(13)14/h4-7,9H,3,8H2,1-2H3,(H,13,14). The molecule has 1 N–H and O–H groups in total. The van der Waals surface area contributed by atoms with Crippen LogP contribution in [0.2, 0.25) is 0 Å². The number of hydrogen-bond acceptors (Lipinski definition) is 3. The van der Waals surface area contributed by atoms with Gasteiger partial charge in [-0.3, -0.25) is 4.79 Å². The van der Waals surface area contributed by atoms with E-state index < -0.39 is 5.97 Å². The van der Waals surface area contributed by atoms with E-state index in [0.29, 0.717) is 12.4 Å². The van der Waals surface area contributed by atoms with E-state index in [9.17, 15) is 4.79 Å². The molecule has 0 radical (unpaired) electrons. The Morgan fingerprint density at radius 2 is 2.06 bits per heavy atom. The minimum Gasteiger partial charge on any atom is -0.494 e. The summed E-state index contributed by atoms with van der Waals surface area (Å²) in [5.74, 6) is 0.358. The van der Waals surface area contributed by atoms with E-state index in [1.54, 1.807) is 18.7 Å². The Labute approximate surface area is 99.8 Å². The highest BCUT2D eigenvalue weighted by atomic mass is 32.2. The predicted octanol–water partition coefficient (Wildman–Crippen LogP) is 2.90. The average molecular weight is 240 g/mol. The highest BCUT2D eigenvalue weighted by Crippen LogP contribution is 2.23. The number of carbonyl (C=O) groups is 1. The minimum absolute atomic E-state index is 0.323. The summed E-state index contributed by atoms with van der Waals surface area (Å²) in [6.07, 6.45) is 0. The fraction of sp³-hybridized carbons (Fsp3) is 0.417. The van der Waals surface area contributed by atoms with Crippen LogP contribution in [0.5, 0.6) is 5.75 Å². The molecule has 0 aliphatic rings. The van der Waals surface area contributed by atoms with Crippen molar-refractivity contribution in [3.05, 3.63) is 24.3 Å². The van der Waals surface area contributed by atoms with Gasteiger partial charge >= 0.3 is 5.97 Å². The summed E-state index contributed by atoms with van der Waals surface area (Å²) in [4.78, 5) is 11.7. The number of aliphatic carboxylic acids is 1. The summed E-state index contributed by atoms with van der Waals surface area (Å²) in [6.45, 7) is 4.31. The molecule has 1 aromatic carbocycles. The van der Waals surface area contributed by atoms with Gasteiger partial charge in [-0.1, -0.05) is 6.92 Å². The average Bonchev–Trinajstić information content (AvgIpc) is 2.28. The topological polar surface area (TPSA) is 46.5 Å². The molecule has 0 aliphatic carbocycles. The quantitative estimate of drug-likeness (QED) is 0.777. The minimum atomic E-state index is -0.751. The van der Waals surface area contributed by atoms with Crippen LogP contribution in [-0.4, -0.2) is 23.4 Å². The Kier molecular flexibility index (Phi) is 5.19. The SMILES string of the molecule is CCOc1ccc(SCC(C)C(=O)O)cc1. The number of rotatable bonds is 6. The maximum atomic E-state index is 10.6. The normalized spacial score (nSPS) is 12.1. The lowest BCUT2D eigenvalue weighted by Crippen LogP contribution is -2.11. The Morgan fingerprint density at radius 3 is 2.56 bits per heavy atom. The van der Waals surface area contributed by atoms with E-state index in [1.165, 1.54) is 0 Å². The van der Waals surface area contributed by atoms with Crippen molar-refractivity contribution >= 4 is 17.7 Å². The molecule has 0 spiro atoms. The first-order valence-corrected chi connectivity index (χ1v) is 6.20. The van der Waals surface area contributed by atoms with E-state index in [1.807, 2.05) is 31.2 Å². The van der Waals surface area contributed by atoms with Gasteiger partial charge in [-0.25, -0.2) is 0 Å². The predicted molar refractivity (Wildman–Crippen MR) is 65.1 cm³/mol. The smallest absolute Gasteiger partial charge is 0.307 e. The lowest BCUT2D eigenvalue weighted by atomic mass is 10.2. The molecule has 1 atom stereocenters. The molecule has 0 bridgehead atoms. The lowest BCUT2D eigenvalue weighted by Gasteiger charge is -2.07. The van der Waals surface area contributed by atoms with Gasteiger partial charge in [0.2, 0.25) is 0 Å². The summed E-state index contributed by atoms with van der Waals surface area (Å²) >= 11 is 1.55. The van der Waals surface area contributed by atoms with Crippen molar-refractivity contribution in [2.45, 2.75) is 18.7 Å². The molecule has 0 saturated carbocycles. The fourth-order valence-corrected chi connectivity index (χ4v) is 2.00. The van der Waals surface area contributed by atoms with E-state index in [4.69, 9.17) is 9.84 Å². The molecule has 3 nitrogen and oxygen atoms in total. The van der Waals surface area contributed by atoms with Crippen LogP contribution in [0.15, 0.2) is 29.2 Å². The van der Waals surface area contributed by atoms with Gasteiger partial charge in [-0.2, -0.15) is 0 Å². The third kappa shape index (κ3) is 4.14.